The van der Waals surface area contributed by atoms with Crippen LogP contribution in [-0.4, -0.2) is 37.6 Å². The van der Waals surface area contributed by atoms with Crippen LogP contribution in [0.1, 0.15) is 33.1 Å². The van der Waals surface area contributed by atoms with Gasteiger partial charge in [-0.25, -0.2) is 14.6 Å². The monoisotopic (exact) mass is 327 g/mol. The van der Waals surface area contributed by atoms with Crippen molar-refractivity contribution in [2.24, 2.45) is 0 Å². The first-order chi connectivity index (χ1) is 11.1. The van der Waals surface area contributed by atoms with Crippen molar-refractivity contribution in [3.8, 4) is 5.82 Å². The van der Waals surface area contributed by atoms with Crippen LogP contribution in [-0.2, 0) is 0 Å². The molecule has 0 radical (unpaired) electrons. The van der Waals surface area contributed by atoms with Crippen LogP contribution in [0.25, 0.3) is 5.82 Å². The van der Waals surface area contributed by atoms with Gasteiger partial charge in [-0.3, -0.25) is 4.79 Å². The van der Waals surface area contributed by atoms with Crippen LogP contribution in [0.4, 0.5) is 0 Å². The summed E-state index contributed by atoms with van der Waals surface area (Å²) in [6.07, 6.45) is 4.60. The zero-order valence-corrected chi connectivity index (χ0v) is 14.0. The van der Waals surface area contributed by atoms with E-state index < -0.39 is 0 Å². The topological polar surface area (TPSA) is 63.9 Å². The SMILES string of the molecule is Cc1ccc([C@H](C)N(C)C(=O)c2ccnc(-n3cncn3)c2)s1. The van der Waals surface area contributed by atoms with E-state index in [1.54, 1.807) is 40.9 Å². The molecule has 0 saturated carbocycles. The van der Waals surface area contributed by atoms with E-state index in [2.05, 4.69) is 34.1 Å². The minimum Gasteiger partial charge on any atom is -0.334 e. The number of carbonyl (C=O) groups is 1. The Bertz CT molecular complexity index is 812. The number of aryl methyl sites for hydroxylation is 1. The molecule has 1 amide bonds. The quantitative estimate of drug-likeness (QED) is 0.739. The van der Waals surface area contributed by atoms with E-state index in [0.717, 1.165) is 0 Å². The van der Waals surface area contributed by atoms with E-state index in [1.165, 1.54) is 20.8 Å². The molecular weight excluding hydrogens is 310 g/mol. The second kappa shape index (κ2) is 6.29. The highest BCUT2D eigenvalue weighted by Crippen LogP contribution is 2.27. The lowest BCUT2D eigenvalue weighted by atomic mass is 10.2. The van der Waals surface area contributed by atoms with Gasteiger partial charge < -0.3 is 4.90 Å². The van der Waals surface area contributed by atoms with E-state index in [9.17, 15) is 4.79 Å². The van der Waals surface area contributed by atoms with Crippen molar-refractivity contribution < 1.29 is 4.79 Å². The molecule has 1 atom stereocenters. The molecule has 0 spiro atoms. The summed E-state index contributed by atoms with van der Waals surface area (Å²) in [6.45, 7) is 4.10. The largest absolute Gasteiger partial charge is 0.334 e. The molecule has 23 heavy (non-hydrogen) atoms. The maximum atomic E-state index is 12.7. The van der Waals surface area contributed by atoms with Gasteiger partial charge in [0.2, 0.25) is 0 Å². The summed E-state index contributed by atoms with van der Waals surface area (Å²) in [5, 5.41) is 4.04. The van der Waals surface area contributed by atoms with Gasteiger partial charge in [0, 0.05) is 28.6 Å². The summed E-state index contributed by atoms with van der Waals surface area (Å²) in [7, 11) is 1.82. The highest BCUT2D eigenvalue weighted by atomic mass is 32.1. The van der Waals surface area contributed by atoms with E-state index in [0.29, 0.717) is 11.4 Å². The first-order valence-electron chi connectivity index (χ1n) is 7.21. The summed E-state index contributed by atoms with van der Waals surface area (Å²) in [5.74, 6) is 0.522. The molecular formula is C16H17N5OS. The highest BCUT2D eigenvalue weighted by Gasteiger charge is 2.20. The molecule has 0 saturated heterocycles. The van der Waals surface area contributed by atoms with Gasteiger partial charge in [0.25, 0.3) is 5.91 Å². The number of hydrogen-bond donors (Lipinski definition) is 0. The zero-order valence-electron chi connectivity index (χ0n) is 13.2. The number of amides is 1. The average molecular weight is 327 g/mol. The summed E-state index contributed by atoms with van der Waals surface area (Å²) < 4.78 is 1.53. The number of pyridine rings is 1. The van der Waals surface area contributed by atoms with E-state index in [4.69, 9.17) is 0 Å². The predicted octanol–water partition coefficient (Wildman–Crippen LogP) is 2.87. The second-order valence-corrected chi connectivity index (χ2v) is 6.60. The van der Waals surface area contributed by atoms with Crippen molar-refractivity contribution in [3.63, 3.8) is 0 Å². The number of nitrogens with zero attached hydrogens (tertiary/aromatic N) is 5. The minimum atomic E-state index is -0.0488. The molecule has 0 unspecified atom stereocenters. The van der Waals surface area contributed by atoms with Crippen molar-refractivity contribution in [1.82, 2.24) is 24.6 Å². The molecule has 0 aliphatic heterocycles. The molecule has 0 aromatic carbocycles. The van der Waals surface area contributed by atoms with Gasteiger partial charge in [-0.1, -0.05) is 0 Å². The fourth-order valence-corrected chi connectivity index (χ4v) is 3.22. The zero-order chi connectivity index (χ0) is 16.4. The third-order valence-corrected chi connectivity index (χ3v) is 4.89. The maximum absolute atomic E-state index is 12.7. The molecule has 0 aliphatic carbocycles. The van der Waals surface area contributed by atoms with Gasteiger partial charge in [0.15, 0.2) is 5.82 Å². The minimum absolute atomic E-state index is 0.0178. The molecule has 0 N–H and O–H groups in total. The Labute approximate surface area is 138 Å². The van der Waals surface area contributed by atoms with Gasteiger partial charge in [0.05, 0.1) is 6.04 Å². The fourth-order valence-electron chi connectivity index (χ4n) is 2.25. The lowest BCUT2D eigenvalue weighted by Gasteiger charge is -2.24. The Kier molecular flexibility index (Phi) is 4.20. The Morgan fingerprint density at radius 3 is 2.83 bits per heavy atom. The summed E-state index contributed by atoms with van der Waals surface area (Å²) in [4.78, 5) is 25.0. The van der Waals surface area contributed by atoms with Gasteiger partial charge >= 0.3 is 0 Å². The number of thiophene rings is 1. The maximum Gasteiger partial charge on any atom is 0.254 e. The first kappa shape index (κ1) is 15.4. The van der Waals surface area contributed by atoms with Crippen LogP contribution in [0.5, 0.6) is 0 Å². The summed E-state index contributed by atoms with van der Waals surface area (Å²) in [5.41, 5.74) is 0.577. The van der Waals surface area contributed by atoms with Gasteiger partial charge in [-0.2, -0.15) is 5.10 Å². The predicted molar refractivity (Wildman–Crippen MR) is 88.7 cm³/mol. The Morgan fingerprint density at radius 1 is 1.35 bits per heavy atom. The third-order valence-electron chi connectivity index (χ3n) is 3.72. The number of aromatic nitrogens is 4. The third kappa shape index (κ3) is 3.14. The molecule has 3 heterocycles. The Morgan fingerprint density at radius 2 is 2.17 bits per heavy atom. The van der Waals surface area contributed by atoms with Crippen molar-refractivity contribution in [2.75, 3.05) is 7.05 Å². The second-order valence-electron chi connectivity index (χ2n) is 5.28. The van der Waals surface area contributed by atoms with E-state index in [-0.39, 0.29) is 11.9 Å². The van der Waals surface area contributed by atoms with Crippen molar-refractivity contribution in [3.05, 3.63) is 58.4 Å². The van der Waals surface area contributed by atoms with Gasteiger partial charge in [0.1, 0.15) is 12.7 Å². The van der Waals surface area contributed by atoms with Gasteiger partial charge in [-0.05, 0) is 38.1 Å². The van der Waals surface area contributed by atoms with Crippen LogP contribution in [0.15, 0.2) is 43.1 Å². The molecule has 0 fully saturated rings. The first-order valence-corrected chi connectivity index (χ1v) is 8.02. The Balaban J connectivity index is 1.83. The average Bonchev–Trinajstić information content (AvgIpc) is 3.24. The van der Waals surface area contributed by atoms with E-state index in [1.807, 2.05) is 14.0 Å². The smallest absolute Gasteiger partial charge is 0.254 e. The molecule has 3 aromatic heterocycles. The lowest BCUT2D eigenvalue weighted by Crippen LogP contribution is -2.29. The van der Waals surface area contributed by atoms with Crippen molar-refractivity contribution in [1.29, 1.82) is 0 Å². The fraction of sp³-hybridized carbons (Fsp3) is 0.250. The van der Waals surface area contributed by atoms with Crippen molar-refractivity contribution >= 4 is 17.2 Å². The van der Waals surface area contributed by atoms with Gasteiger partial charge in [-0.15, -0.1) is 11.3 Å². The van der Waals surface area contributed by atoms with Crippen LogP contribution in [0, 0.1) is 6.92 Å². The van der Waals surface area contributed by atoms with E-state index >= 15 is 0 Å². The van der Waals surface area contributed by atoms with Crippen LogP contribution < -0.4 is 0 Å². The molecule has 0 aliphatic rings. The Hall–Kier alpha value is -2.54. The molecule has 0 bridgehead atoms. The molecule has 3 aromatic rings. The lowest BCUT2D eigenvalue weighted by molar-refractivity contribution is 0.0745. The number of carbonyl (C=O) groups excluding carboxylic acids is 1. The summed E-state index contributed by atoms with van der Waals surface area (Å²) in [6, 6.07) is 7.60. The molecule has 3 rings (SSSR count). The normalized spacial score (nSPS) is 12.1. The van der Waals surface area contributed by atoms with Crippen LogP contribution in [0.2, 0.25) is 0 Å². The standard InChI is InChI=1S/C16H17N5OS/c1-11-4-5-14(23-11)12(2)20(3)16(22)13-6-7-18-15(8-13)21-10-17-9-19-21/h4-10,12H,1-3H3/t12-/m0/s1. The van der Waals surface area contributed by atoms with Crippen molar-refractivity contribution in [2.45, 2.75) is 19.9 Å². The highest BCUT2D eigenvalue weighted by molar-refractivity contribution is 7.12. The summed E-state index contributed by atoms with van der Waals surface area (Å²) >= 11 is 1.71. The molecule has 118 valence electrons. The number of hydrogen-bond acceptors (Lipinski definition) is 5. The number of rotatable bonds is 4. The van der Waals surface area contributed by atoms with Crippen LogP contribution >= 0.6 is 11.3 Å². The van der Waals surface area contributed by atoms with Crippen LogP contribution in [0.3, 0.4) is 0 Å². The molecule has 7 heteroatoms. The molecule has 6 nitrogen and oxygen atoms in total.